The van der Waals surface area contributed by atoms with E-state index in [2.05, 4.69) is 5.16 Å². The molecule has 20 heavy (non-hydrogen) atoms. The van der Waals surface area contributed by atoms with Gasteiger partial charge in [0.1, 0.15) is 5.82 Å². The van der Waals surface area contributed by atoms with Crippen molar-refractivity contribution >= 4 is 12.0 Å². The lowest BCUT2D eigenvalue weighted by Crippen LogP contribution is -3.00. The number of carbonyl (C=O) groups excluding carboxylic acids is 1. The molecule has 0 fully saturated rings. The summed E-state index contributed by atoms with van der Waals surface area (Å²) in [6, 6.07) is 9.05. The molecule has 2 rings (SSSR count). The summed E-state index contributed by atoms with van der Waals surface area (Å²) in [7, 11) is 0. The zero-order valence-electron chi connectivity index (χ0n) is 10.4. The first-order valence-electron chi connectivity index (χ1n) is 5.64. The summed E-state index contributed by atoms with van der Waals surface area (Å²) in [6.45, 7) is 0.0938. The van der Waals surface area contributed by atoms with Crippen LogP contribution in [0.4, 0.5) is 4.39 Å². The number of rotatable bonds is 4. The van der Waals surface area contributed by atoms with E-state index in [1.54, 1.807) is 35.2 Å². The van der Waals surface area contributed by atoms with Crippen LogP contribution in [-0.4, -0.2) is 17.2 Å². The molecule has 0 aliphatic heterocycles. The lowest BCUT2D eigenvalue weighted by atomic mass is 10.1. The first-order chi connectivity index (χ1) is 9.19. The van der Waals surface area contributed by atoms with Gasteiger partial charge < -0.3 is 22.2 Å². The van der Waals surface area contributed by atoms with Crippen LogP contribution in [0, 0.1) is 5.82 Å². The number of halogens is 2. The Morgan fingerprint density at radius 1 is 1.35 bits per heavy atom. The van der Waals surface area contributed by atoms with Gasteiger partial charge in [-0.3, -0.25) is 4.79 Å². The van der Waals surface area contributed by atoms with Crippen LogP contribution >= 0.6 is 0 Å². The SMILES string of the molecule is O=C(C[n+]1cccc(C=NO)c1)c1cccc(F)c1.[Br-]. The summed E-state index contributed by atoms with van der Waals surface area (Å²) in [5.74, 6) is -0.625. The van der Waals surface area contributed by atoms with E-state index in [1.807, 2.05) is 0 Å². The second-order valence-corrected chi connectivity index (χ2v) is 3.99. The van der Waals surface area contributed by atoms with Crippen LogP contribution in [0.5, 0.6) is 0 Å². The number of benzene rings is 1. The molecule has 0 aliphatic rings. The van der Waals surface area contributed by atoms with Gasteiger partial charge in [-0.2, -0.15) is 4.57 Å². The Hall–Kier alpha value is -2.08. The third-order valence-electron chi connectivity index (χ3n) is 2.56. The number of pyridine rings is 1. The van der Waals surface area contributed by atoms with Crippen LogP contribution in [-0.2, 0) is 6.54 Å². The van der Waals surface area contributed by atoms with E-state index in [-0.39, 0.29) is 29.3 Å². The number of ketones is 1. The zero-order valence-corrected chi connectivity index (χ0v) is 12.0. The minimum atomic E-state index is -0.433. The predicted molar refractivity (Wildman–Crippen MR) is 66.7 cm³/mol. The second kappa shape index (κ2) is 7.49. The smallest absolute Gasteiger partial charge is 0.227 e. The number of Topliss-reactive ketones (excluding diaryl/α,β-unsaturated/α-hetero) is 1. The molecule has 0 aliphatic carbocycles. The Bertz CT molecular complexity index is 632. The lowest BCUT2D eigenvalue weighted by molar-refractivity contribution is -0.683. The summed E-state index contributed by atoms with van der Waals surface area (Å²) in [5.41, 5.74) is 0.991. The van der Waals surface area contributed by atoms with E-state index in [1.165, 1.54) is 24.4 Å². The topological polar surface area (TPSA) is 53.5 Å². The van der Waals surface area contributed by atoms with Gasteiger partial charge in [0.25, 0.3) is 0 Å². The van der Waals surface area contributed by atoms with E-state index in [0.717, 1.165) is 0 Å². The molecule has 0 amide bonds. The highest BCUT2D eigenvalue weighted by atomic mass is 79.9. The number of oxime groups is 1. The molecular weight excluding hydrogens is 327 g/mol. The van der Waals surface area contributed by atoms with Crippen LogP contribution < -0.4 is 21.5 Å². The zero-order chi connectivity index (χ0) is 13.7. The third kappa shape index (κ3) is 4.24. The van der Waals surface area contributed by atoms with Crippen molar-refractivity contribution in [2.45, 2.75) is 6.54 Å². The Labute approximate surface area is 125 Å². The fourth-order valence-corrected chi connectivity index (χ4v) is 1.70. The fourth-order valence-electron chi connectivity index (χ4n) is 1.70. The van der Waals surface area contributed by atoms with Crippen molar-refractivity contribution in [2.75, 3.05) is 0 Å². The summed E-state index contributed by atoms with van der Waals surface area (Å²) in [6.07, 6.45) is 4.64. The van der Waals surface area contributed by atoms with Crippen molar-refractivity contribution in [2.24, 2.45) is 5.16 Å². The molecule has 0 atom stereocenters. The number of hydrogen-bond donors (Lipinski definition) is 1. The Morgan fingerprint density at radius 3 is 2.85 bits per heavy atom. The second-order valence-electron chi connectivity index (χ2n) is 3.99. The molecule has 104 valence electrons. The molecule has 1 N–H and O–H groups in total. The molecule has 6 heteroatoms. The molecule has 0 saturated heterocycles. The maximum Gasteiger partial charge on any atom is 0.227 e. The van der Waals surface area contributed by atoms with E-state index in [4.69, 9.17) is 5.21 Å². The molecule has 1 aromatic heterocycles. The highest BCUT2D eigenvalue weighted by Gasteiger charge is 2.12. The average Bonchev–Trinajstić information content (AvgIpc) is 2.39. The number of nitrogens with zero attached hydrogens (tertiary/aromatic N) is 2. The summed E-state index contributed by atoms with van der Waals surface area (Å²) < 4.78 is 14.7. The van der Waals surface area contributed by atoms with Gasteiger partial charge >= 0.3 is 0 Å². The Kier molecular flexibility index (Phi) is 5.99. The van der Waals surface area contributed by atoms with Crippen molar-refractivity contribution in [3.8, 4) is 0 Å². The summed E-state index contributed by atoms with van der Waals surface area (Å²) >= 11 is 0. The molecule has 0 saturated carbocycles. The van der Waals surface area contributed by atoms with Gasteiger partial charge in [-0.25, -0.2) is 4.39 Å². The van der Waals surface area contributed by atoms with Gasteiger partial charge in [-0.1, -0.05) is 17.3 Å². The first kappa shape index (κ1) is 16.0. The van der Waals surface area contributed by atoms with Gasteiger partial charge in [0.05, 0.1) is 11.8 Å². The third-order valence-corrected chi connectivity index (χ3v) is 2.56. The molecule has 1 aromatic carbocycles. The number of aromatic nitrogens is 1. The monoisotopic (exact) mass is 338 g/mol. The molecule has 0 radical (unpaired) electrons. The highest BCUT2D eigenvalue weighted by molar-refractivity contribution is 5.95. The Balaban J connectivity index is 0.00000200. The van der Waals surface area contributed by atoms with Gasteiger partial charge in [0, 0.05) is 11.6 Å². The van der Waals surface area contributed by atoms with Gasteiger partial charge in [-0.15, -0.1) is 0 Å². The van der Waals surface area contributed by atoms with Gasteiger partial charge in [-0.05, 0) is 18.2 Å². The molecule has 2 aromatic rings. The highest BCUT2D eigenvalue weighted by Crippen LogP contribution is 2.04. The van der Waals surface area contributed by atoms with E-state index in [0.29, 0.717) is 11.1 Å². The molecule has 1 heterocycles. The van der Waals surface area contributed by atoms with Crippen LogP contribution in [0.15, 0.2) is 53.9 Å². The van der Waals surface area contributed by atoms with E-state index in [9.17, 15) is 9.18 Å². The lowest BCUT2D eigenvalue weighted by Gasteiger charge is -1.99. The minimum absolute atomic E-state index is 0. The van der Waals surface area contributed by atoms with Gasteiger partial charge in [0.2, 0.25) is 12.3 Å². The number of carbonyl (C=O) groups is 1. The van der Waals surface area contributed by atoms with Gasteiger partial charge in [0.15, 0.2) is 12.4 Å². The molecular formula is C14H12BrFN2O2. The largest absolute Gasteiger partial charge is 1.00 e. The summed E-state index contributed by atoms with van der Waals surface area (Å²) in [4.78, 5) is 12.0. The van der Waals surface area contributed by atoms with Crippen molar-refractivity contribution < 1.29 is 35.9 Å². The minimum Gasteiger partial charge on any atom is -1.00 e. The number of hydrogen-bond acceptors (Lipinski definition) is 3. The molecule has 4 nitrogen and oxygen atoms in total. The maximum absolute atomic E-state index is 13.0. The molecule has 0 unspecified atom stereocenters. The predicted octanol–water partition coefficient (Wildman–Crippen LogP) is -1.19. The normalized spacial score (nSPS) is 10.2. The fraction of sp³-hybridized carbons (Fsp3) is 0.0714. The van der Waals surface area contributed by atoms with Crippen LogP contribution in [0.1, 0.15) is 15.9 Å². The van der Waals surface area contributed by atoms with E-state index >= 15 is 0 Å². The summed E-state index contributed by atoms with van der Waals surface area (Å²) in [5, 5.41) is 11.4. The Morgan fingerprint density at radius 2 is 2.15 bits per heavy atom. The quantitative estimate of drug-likeness (QED) is 0.250. The van der Waals surface area contributed by atoms with Crippen molar-refractivity contribution in [1.82, 2.24) is 0 Å². The van der Waals surface area contributed by atoms with E-state index < -0.39 is 5.82 Å². The maximum atomic E-state index is 13.0. The van der Waals surface area contributed by atoms with Crippen molar-refractivity contribution in [3.63, 3.8) is 0 Å². The standard InChI is InChI=1S/C14H11FN2O2.BrH/c15-13-5-1-4-12(7-13)14(18)10-17-6-2-3-11(9-17)8-16-19;/h1-9H,10H2;1H. The first-order valence-corrected chi connectivity index (χ1v) is 5.64. The van der Waals surface area contributed by atoms with Crippen molar-refractivity contribution in [1.29, 1.82) is 0 Å². The van der Waals surface area contributed by atoms with Crippen LogP contribution in [0.3, 0.4) is 0 Å². The van der Waals surface area contributed by atoms with Crippen LogP contribution in [0.25, 0.3) is 0 Å². The molecule has 0 spiro atoms. The average molecular weight is 339 g/mol. The van der Waals surface area contributed by atoms with Crippen molar-refractivity contribution in [3.05, 3.63) is 65.7 Å². The van der Waals surface area contributed by atoms with Crippen LogP contribution in [0.2, 0.25) is 0 Å². The molecule has 0 bridgehead atoms.